The smallest absolute Gasteiger partial charge is 0.306 e. The maximum Gasteiger partial charge on any atom is 0.306 e. The SMILES string of the molecule is [3H]OC(=O)C1CC([3H])([3H])N(C)C([3H])([3H])C1. The minimum absolute atomic E-state index is 0.152. The highest BCUT2D eigenvalue weighted by atomic mass is 16.4. The van der Waals surface area contributed by atoms with Gasteiger partial charge in [-0.2, -0.15) is 0 Å². The van der Waals surface area contributed by atoms with Gasteiger partial charge in [0.15, 0.2) is 0 Å². The first-order chi connectivity index (χ1) is 6.70. The molecule has 1 rings (SSSR count). The molecular formula is C7H13NO2. The fourth-order valence-corrected chi connectivity index (χ4v) is 0.789. The van der Waals surface area contributed by atoms with Gasteiger partial charge in [-0.25, -0.2) is 0 Å². The first-order valence-corrected chi connectivity index (χ1v) is 3.11. The van der Waals surface area contributed by atoms with Gasteiger partial charge >= 0.3 is 5.97 Å². The highest BCUT2D eigenvalue weighted by Gasteiger charge is 2.21. The number of piperidine rings is 1. The van der Waals surface area contributed by atoms with Crippen molar-refractivity contribution in [3.05, 3.63) is 0 Å². The summed E-state index contributed by atoms with van der Waals surface area (Å²) in [7, 11) is 1.34. The van der Waals surface area contributed by atoms with Gasteiger partial charge in [-0.05, 0) is 32.9 Å². The van der Waals surface area contributed by atoms with Crippen LogP contribution in [0.25, 0.3) is 1.43 Å². The lowest BCUT2D eigenvalue weighted by Crippen LogP contribution is -2.33. The van der Waals surface area contributed by atoms with E-state index in [0.29, 0.717) is 0 Å². The number of hydrogen-bond acceptors (Lipinski definition) is 3. The van der Waals surface area contributed by atoms with E-state index < -0.39 is 24.9 Å². The largest absolute Gasteiger partial charge is 0.481 e. The van der Waals surface area contributed by atoms with Crippen molar-refractivity contribution in [1.29, 1.82) is 1.43 Å². The van der Waals surface area contributed by atoms with Crippen LogP contribution >= 0.6 is 0 Å². The molecule has 1 heterocycles. The van der Waals surface area contributed by atoms with Crippen LogP contribution in [-0.4, -0.2) is 36.0 Å². The maximum absolute atomic E-state index is 11.1. The average molecular weight is 153 g/mol. The quantitative estimate of drug-likeness (QED) is 0.593. The lowest BCUT2D eigenvalue weighted by molar-refractivity contribution is -0.143. The molecule has 0 saturated carbocycles. The van der Waals surface area contributed by atoms with Gasteiger partial charge in [0.1, 0.15) is 0 Å². The van der Waals surface area contributed by atoms with E-state index >= 15 is 0 Å². The Morgan fingerprint density at radius 3 is 2.90 bits per heavy atom. The fraction of sp³-hybridized carbons (Fsp3) is 0.857. The van der Waals surface area contributed by atoms with Gasteiger partial charge in [0.25, 0.3) is 1.43 Å². The van der Waals surface area contributed by atoms with E-state index in [-0.39, 0.29) is 12.8 Å². The van der Waals surface area contributed by atoms with E-state index in [0.717, 1.165) is 4.90 Å². The standard InChI is InChI=1S/C7H13NO2/c1-8-4-2-6(3-5-8)7(9)10/h6H,2-5H2,1H3,(H,9,10)/i4T2,5T2/hT. The topological polar surface area (TPSA) is 40.5 Å². The summed E-state index contributed by atoms with van der Waals surface area (Å²) in [5, 5.41) is 3.77. The molecule has 1 N–H and O–H groups in total. The van der Waals surface area contributed by atoms with Crippen LogP contribution in [0.4, 0.5) is 0 Å². The average Bonchev–Trinajstić information content (AvgIpc) is 2.11. The van der Waals surface area contributed by atoms with Crippen molar-refractivity contribution in [1.82, 2.24) is 4.90 Å². The van der Waals surface area contributed by atoms with Crippen molar-refractivity contribution < 1.29 is 15.4 Å². The van der Waals surface area contributed by atoms with Gasteiger partial charge in [-0.15, -0.1) is 0 Å². The van der Waals surface area contributed by atoms with E-state index in [4.69, 9.17) is 6.91 Å². The summed E-state index contributed by atoms with van der Waals surface area (Å²) in [4.78, 5) is 12.1. The van der Waals surface area contributed by atoms with E-state index in [1.54, 1.807) is 0 Å². The van der Waals surface area contributed by atoms with Crippen LogP contribution in [0.15, 0.2) is 0 Å². The summed E-state index contributed by atoms with van der Waals surface area (Å²) in [6.45, 7) is -3.80. The summed E-state index contributed by atoms with van der Waals surface area (Å²) in [6.07, 6.45) is -0.304. The Morgan fingerprint density at radius 1 is 1.80 bits per heavy atom. The van der Waals surface area contributed by atoms with Gasteiger partial charge in [0.2, 0.25) is 0 Å². The van der Waals surface area contributed by atoms with E-state index in [2.05, 4.69) is 5.11 Å². The molecule has 0 spiro atoms. The third kappa shape index (κ3) is 1.70. The van der Waals surface area contributed by atoms with Crippen LogP contribution in [0.2, 0.25) is 0 Å². The fourth-order valence-electron chi connectivity index (χ4n) is 0.789. The van der Waals surface area contributed by atoms with Gasteiger partial charge in [0.05, 0.1) is 5.92 Å². The van der Waals surface area contributed by atoms with Gasteiger partial charge in [-0.3, -0.25) is 4.79 Å². The molecule has 0 aliphatic carbocycles. The van der Waals surface area contributed by atoms with Crippen LogP contribution in [-0.2, 0) is 4.79 Å². The van der Waals surface area contributed by atoms with Crippen molar-refractivity contribution >= 4 is 5.97 Å². The Morgan fingerprint density at radius 2 is 2.40 bits per heavy atom. The van der Waals surface area contributed by atoms with E-state index in [1.165, 1.54) is 7.05 Å². The number of hydrogen-bond donors (Lipinski definition) is 1. The van der Waals surface area contributed by atoms with Gasteiger partial charge < -0.3 is 10.0 Å². The van der Waals surface area contributed by atoms with Crippen molar-refractivity contribution in [2.75, 3.05) is 20.0 Å². The van der Waals surface area contributed by atoms with Gasteiger partial charge in [-0.1, -0.05) is 0 Å². The zero-order chi connectivity index (χ0) is 11.9. The molecule has 3 heteroatoms. The van der Waals surface area contributed by atoms with Gasteiger partial charge in [0, 0.05) is 5.48 Å². The molecule has 1 aliphatic heterocycles. The Labute approximate surface area is 67.8 Å². The number of carboxylic acid groups (broad SMARTS) is 1. The van der Waals surface area contributed by atoms with E-state index in [1.807, 2.05) is 0 Å². The number of rotatable bonds is 1. The molecule has 0 unspecified atom stereocenters. The van der Waals surface area contributed by atoms with Crippen molar-refractivity contribution in [2.24, 2.45) is 5.92 Å². The number of aliphatic carboxylic acids is 1. The summed E-state index contributed by atoms with van der Waals surface area (Å²) in [6, 6.07) is 0. The summed E-state index contributed by atoms with van der Waals surface area (Å²) in [5.74, 6) is -1.78. The van der Waals surface area contributed by atoms with Crippen LogP contribution in [0, 0.1) is 5.92 Å². The molecule has 0 amide bonds. The molecule has 0 bridgehead atoms. The number of nitrogens with zero attached hydrogens (tertiary/aromatic N) is 1. The highest BCUT2D eigenvalue weighted by Crippen LogP contribution is 2.15. The molecule has 1 aliphatic rings. The molecule has 10 heavy (non-hydrogen) atoms. The Bertz CT molecular complexity index is 252. The highest BCUT2D eigenvalue weighted by molar-refractivity contribution is 5.70. The predicted molar refractivity (Wildman–Crippen MR) is 37.9 cm³/mol. The second-order valence-corrected chi connectivity index (χ2v) is 2.30. The zero-order valence-electron chi connectivity index (χ0n) is 10.8. The van der Waals surface area contributed by atoms with Crippen LogP contribution in [0.3, 0.4) is 0 Å². The molecule has 0 aromatic carbocycles. The second-order valence-electron chi connectivity index (χ2n) is 2.30. The van der Waals surface area contributed by atoms with Crippen molar-refractivity contribution in [3.8, 4) is 0 Å². The molecule has 0 radical (unpaired) electrons. The Kier molecular flexibility index (Phi) is 0.969. The van der Waals surface area contributed by atoms with Crippen molar-refractivity contribution in [3.63, 3.8) is 0 Å². The van der Waals surface area contributed by atoms with E-state index in [9.17, 15) is 4.79 Å². The molecule has 58 valence electrons. The van der Waals surface area contributed by atoms with Crippen LogP contribution in [0.5, 0.6) is 0 Å². The molecule has 3 nitrogen and oxygen atoms in total. The minimum atomic E-state index is -1.90. The second kappa shape index (κ2) is 3.01. The van der Waals surface area contributed by atoms with Crippen LogP contribution in [0.1, 0.15) is 18.3 Å². The predicted octanol–water partition coefficient (Wildman–Crippen LogP) is 0.413. The molecule has 1 fully saturated rings. The molecule has 1 saturated heterocycles. The molecule has 0 atom stereocenters. The monoisotopic (exact) mass is 153 g/mol. The Balaban J connectivity index is 2.89. The minimum Gasteiger partial charge on any atom is -0.481 e. The molecule has 0 aromatic heterocycles. The maximum atomic E-state index is 11.1. The summed E-state index contributed by atoms with van der Waals surface area (Å²) >= 11 is 0. The molecule has 0 aromatic rings. The third-order valence-corrected chi connectivity index (χ3v) is 1.48. The zero-order valence-corrected chi connectivity index (χ0v) is 5.76. The summed E-state index contributed by atoms with van der Waals surface area (Å²) in [5.41, 5.74) is 0. The lowest BCUT2D eigenvalue weighted by atomic mass is 9.98. The van der Waals surface area contributed by atoms with Crippen LogP contribution < -0.4 is 0 Å². The first kappa shape index (κ1) is 3.22. The number of carbonyl (C=O) groups is 1. The van der Waals surface area contributed by atoms with Crippen molar-refractivity contribution in [2.45, 2.75) is 12.8 Å². The third-order valence-electron chi connectivity index (χ3n) is 1.48. The normalized spacial score (nSPS) is 39.9. The first-order valence-electron chi connectivity index (χ1n) is 5.52. The number of carboxylic acids is 1. The summed E-state index contributed by atoms with van der Waals surface area (Å²) < 4.78 is 36.7. The molecular weight excluding hydrogens is 130 g/mol. The lowest BCUT2D eigenvalue weighted by Gasteiger charge is -2.25. The Hall–Kier alpha value is -0.570. The number of likely N-dealkylation sites (tertiary alicyclic amines) is 1.